The third-order valence-electron chi connectivity index (χ3n) is 4.07. The Morgan fingerprint density at radius 3 is 2.76 bits per heavy atom. The standard InChI is InChI=1S/C17H23NO3/c1-2-15(17(20)21)18-16(19)8-3-5-12-9-10-13-6-4-7-14(13)11-12/h9-11,15H,2-8H2,1H3,(H,18,19)(H,20,21). The minimum atomic E-state index is -0.968. The molecule has 114 valence electrons. The van der Waals surface area contributed by atoms with Crippen LogP contribution in [0.5, 0.6) is 0 Å². The van der Waals surface area contributed by atoms with E-state index in [9.17, 15) is 9.59 Å². The first-order valence-electron chi connectivity index (χ1n) is 7.73. The van der Waals surface area contributed by atoms with Gasteiger partial charge >= 0.3 is 5.97 Å². The minimum absolute atomic E-state index is 0.176. The second-order valence-corrected chi connectivity index (χ2v) is 5.68. The van der Waals surface area contributed by atoms with E-state index in [0.29, 0.717) is 12.8 Å². The zero-order valence-corrected chi connectivity index (χ0v) is 12.5. The van der Waals surface area contributed by atoms with Crippen LogP contribution in [0.2, 0.25) is 0 Å². The monoisotopic (exact) mass is 289 g/mol. The molecule has 1 atom stereocenters. The van der Waals surface area contributed by atoms with Crippen LogP contribution in [0.3, 0.4) is 0 Å². The van der Waals surface area contributed by atoms with E-state index < -0.39 is 12.0 Å². The lowest BCUT2D eigenvalue weighted by atomic mass is 10.0. The van der Waals surface area contributed by atoms with Crippen molar-refractivity contribution in [3.05, 3.63) is 34.9 Å². The first-order chi connectivity index (χ1) is 10.1. The second kappa shape index (κ2) is 7.25. The second-order valence-electron chi connectivity index (χ2n) is 5.68. The lowest BCUT2D eigenvalue weighted by Gasteiger charge is -2.12. The average Bonchev–Trinajstić information content (AvgIpc) is 2.92. The summed E-state index contributed by atoms with van der Waals surface area (Å²) in [6.45, 7) is 1.75. The molecule has 2 N–H and O–H groups in total. The number of carbonyl (C=O) groups is 2. The van der Waals surface area contributed by atoms with E-state index in [1.807, 2.05) is 0 Å². The predicted molar refractivity (Wildman–Crippen MR) is 81.3 cm³/mol. The molecule has 2 rings (SSSR count). The van der Waals surface area contributed by atoms with Crippen LogP contribution in [-0.4, -0.2) is 23.0 Å². The number of fused-ring (bicyclic) bond motifs is 1. The summed E-state index contributed by atoms with van der Waals surface area (Å²) in [7, 11) is 0. The molecule has 0 aromatic heterocycles. The molecule has 0 heterocycles. The van der Waals surface area contributed by atoms with Crippen LogP contribution in [0.4, 0.5) is 0 Å². The van der Waals surface area contributed by atoms with Gasteiger partial charge in [-0.3, -0.25) is 4.79 Å². The summed E-state index contributed by atoms with van der Waals surface area (Å²) in [5.41, 5.74) is 4.19. The van der Waals surface area contributed by atoms with E-state index in [4.69, 9.17) is 5.11 Å². The fraction of sp³-hybridized carbons (Fsp3) is 0.529. The van der Waals surface area contributed by atoms with Crippen molar-refractivity contribution in [2.24, 2.45) is 0 Å². The number of aliphatic carboxylic acids is 1. The highest BCUT2D eigenvalue weighted by Crippen LogP contribution is 2.23. The molecule has 1 amide bonds. The Balaban J connectivity index is 1.76. The average molecular weight is 289 g/mol. The number of nitrogens with one attached hydrogen (secondary N) is 1. The van der Waals surface area contributed by atoms with Crippen molar-refractivity contribution in [3.8, 4) is 0 Å². The largest absolute Gasteiger partial charge is 0.480 e. The first-order valence-corrected chi connectivity index (χ1v) is 7.73. The van der Waals surface area contributed by atoms with Crippen molar-refractivity contribution in [2.45, 2.75) is 57.9 Å². The minimum Gasteiger partial charge on any atom is -0.480 e. The number of benzene rings is 1. The summed E-state index contributed by atoms with van der Waals surface area (Å²) in [5, 5.41) is 11.5. The number of aryl methyl sites for hydroxylation is 3. The number of carboxylic acid groups (broad SMARTS) is 1. The number of hydrogen-bond donors (Lipinski definition) is 2. The van der Waals surface area contributed by atoms with Gasteiger partial charge in [0.05, 0.1) is 0 Å². The van der Waals surface area contributed by atoms with Gasteiger partial charge in [0.15, 0.2) is 0 Å². The van der Waals surface area contributed by atoms with E-state index in [-0.39, 0.29) is 5.91 Å². The van der Waals surface area contributed by atoms with E-state index in [2.05, 4.69) is 23.5 Å². The maximum Gasteiger partial charge on any atom is 0.326 e. The molecule has 0 fully saturated rings. The zero-order valence-electron chi connectivity index (χ0n) is 12.5. The summed E-state index contributed by atoms with van der Waals surface area (Å²) in [5.74, 6) is -1.14. The van der Waals surface area contributed by atoms with Gasteiger partial charge < -0.3 is 10.4 Å². The van der Waals surface area contributed by atoms with Crippen LogP contribution >= 0.6 is 0 Å². The topological polar surface area (TPSA) is 66.4 Å². The highest BCUT2D eigenvalue weighted by molar-refractivity contribution is 5.83. The van der Waals surface area contributed by atoms with Crippen LogP contribution < -0.4 is 5.32 Å². The molecule has 0 aliphatic heterocycles. The Hall–Kier alpha value is -1.84. The van der Waals surface area contributed by atoms with Crippen LogP contribution in [-0.2, 0) is 28.9 Å². The third-order valence-corrected chi connectivity index (χ3v) is 4.07. The predicted octanol–water partition coefficient (Wildman–Crippen LogP) is 2.48. The van der Waals surface area contributed by atoms with E-state index in [1.165, 1.54) is 36.0 Å². The van der Waals surface area contributed by atoms with Crippen molar-refractivity contribution < 1.29 is 14.7 Å². The summed E-state index contributed by atoms with van der Waals surface area (Å²) < 4.78 is 0. The fourth-order valence-corrected chi connectivity index (χ4v) is 2.84. The number of hydrogen-bond acceptors (Lipinski definition) is 2. The summed E-state index contributed by atoms with van der Waals surface area (Å²) in [6, 6.07) is 5.84. The number of rotatable bonds is 7. The maximum atomic E-state index is 11.7. The summed E-state index contributed by atoms with van der Waals surface area (Å²) in [6.07, 6.45) is 6.00. The SMILES string of the molecule is CCC(NC(=O)CCCc1ccc2c(c1)CCC2)C(=O)O. The lowest BCUT2D eigenvalue weighted by Crippen LogP contribution is -2.40. The van der Waals surface area contributed by atoms with Gasteiger partial charge in [0.1, 0.15) is 6.04 Å². The third kappa shape index (κ3) is 4.31. The molecular weight excluding hydrogens is 266 g/mol. The Bertz CT molecular complexity index is 525. The molecule has 0 radical (unpaired) electrons. The van der Waals surface area contributed by atoms with Crippen molar-refractivity contribution in [2.75, 3.05) is 0 Å². The van der Waals surface area contributed by atoms with Gasteiger partial charge in [0, 0.05) is 6.42 Å². The Morgan fingerprint density at radius 1 is 1.29 bits per heavy atom. The van der Waals surface area contributed by atoms with Gasteiger partial charge in [-0.15, -0.1) is 0 Å². The number of carboxylic acids is 1. The normalized spacial score (nSPS) is 14.5. The van der Waals surface area contributed by atoms with Crippen LogP contribution in [0.25, 0.3) is 0 Å². The smallest absolute Gasteiger partial charge is 0.326 e. The Labute approximate surface area is 125 Å². The Kier molecular flexibility index (Phi) is 5.37. The Morgan fingerprint density at radius 2 is 2.05 bits per heavy atom. The van der Waals surface area contributed by atoms with Gasteiger partial charge in [0.2, 0.25) is 5.91 Å². The van der Waals surface area contributed by atoms with Gasteiger partial charge in [-0.25, -0.2) is 4.79 Å². The van der Waals surface area contributed by atoms with E-state index >= 15 is 0 Å². The zero-order chi connectivity index (χ0) is 15.2. The van der Waals surface area contributed by atoms with Gasteiger partial charge in [0.25, 0.3) is 0 Å². The van der Waals surface area contributed by atoms with Gasteiger partial charge in [-0.1, -0.05) is 25.1 Å². The van der Waals surface area contributed by atoms with Crippen molar-refractivity contribution >= 4 is 11.9 Å². The molecule has 21 heavy (non-hydrogen) atoms. The molecule has 1 unspecified atom stereocenters. The van der Waals surface area contributed by atoms with Crippen molar-refractivity contribution in [1.82, 2.24) is 5.32 Å². The van der Waals surface area contributed by atoms with Crippen molar-refractivity contribution in [3.63, 3.8) is 0 Å². The van der Waals surface area contributed by atoms with Crippen molar-refractivity contribution in [1.29, 1.82) is 0 Å². The molecule has 1 aliphatic carbocycles. The van der Waals surface area contributed by atoms with Gasteiger partial charge in [-0.2, -0.15) is 0 Å². The molecule has 1 aliphatic rings. The number of carbonyl (C=O) groups excluding carboxylic acids is 1. The maximum absolute atomic E-state index is 11.7. The molecule has 0 bridgehead atoms. The first kappa shape index (κ1) is 15.5. The fourth-order valence-electron chi connectivity index (χ4n) is 2.84. The van der Waals surface area contributed by atoms with E-state index in [0.717, 1.165) is 12.8 Å². The molecule has 1 aromatic rings. The quantitative estimate of drug-likeness (QED) is 0.810. The lowest BCUT2D eigenvalue weighted by molar-refractivity contribution is -0.141. The number of amides is 1. The molecular formula is C17H23NO3. The molecule has 4 heteroatoms. The van der Waals surface area contributed by atoms with Crippen LogP contribution in [0.1, 0.15) is 49.3 Å². The highest BCUT2D eigenvalue weighted by atomic mass is 16.4. The highest BCUT2D eigenvalue weighted by Gasteiger charge is 2.17. The summed E-state index contributed by atoms with van der Waals surface area (Å²) in [4.78, 5) is 22.6. The van der Waals surface area contributed by atoms with Crippen LogP contribution in [0.15, 0.2) is 18.2 Å². The molecule has 0 saturated carbocycles. The summed E-state index contributed by atoms with van der Waals surface area (Å²) >= 11 is 0. The van der Waals surface area contributed by atoms with E-state index in [1.54, 1.807) is 6.92 Å². The molecule has 1 aromatic carbocycles. The molecule has 0 spiro atoms. The molecule has 0 saturated heterocycles. The molecule has 4 nitrogen and oxygen atoms in total. The van der Waals surface area contributed by atoms with Gasteiger partial charge in [-0.05, 0) is 55.2 Å². The van der Waals surface area contributed by atoms with Crippen LogP contribution in [0, 0.1) is 0 Å².